The molecule has 2 rings (SSSR count). The van der Waals surface area contributed by atoms with E-state index in [4.69, 9.17) is 21.4 Å². The molecule has 0 aliphatic carbocycles. The molecule has 0 radical (unpaired) electrons. The summed E-state index contributed by atoms with van der Waals surface area (Å²) in [5, 5.41) is 19.0. The van der Waals surface area contributed by atoms with Crippen molar-refractivity contribution in [2.75, 3.05) is 13.2 Å². The minimum absolute atomic E-state index is 0.0137. The Balaban J connectivity index is 1.94. The Hall–Kier alpha value is -1.79. The van der Waals surface area contributed by atoms with E-state index in [1.165, 1.54) is 0 Å². The molecule has 1 aromatic rings. The van der Waals surface area contributed by atoms with Gasteiger partial charge in [-0.25, -0.2) is 4.79 Å². The molecule has 1 aliphatic rings. The number of carbonyl (C=O) groups excluding carboxylic acids is 1. The molecule has 1 fully saturated rings. The predicted molar refractivity (Wildman–Crippen MR) is 70.7 cm³/mol. The SMILES string of the molecule is O=C(O)[C@@H]1CC(O)CN1C(=O)COc1ccc(Cl)cc1. The number of nitrogens with zero attached hydrogens (tertiary/aromatic N) is 1. The lowest BCUT2D eigenvalue weighted by Crippen LogP contribution is -2.42. The lowest BCUT2D eigenvalue weighted by Gasteiger charge is -2.21. The molecular weight excluding hydrogens is 286 g/mol. The number of aliphatic carboxylic acids is 1. The molecule has 1 aliphatic heterocycles. The van der Waals surface area contributed by atoms with Crippen LogP contribution in [0.5, 0.6) is 5.75 Å². The average molecular weight is 300 g/mol. The van der Waals surface area contributed by atoms with Crippen LogP contribution in [0.15, 0.2) is 24.3 Å². The first kappa shape index (κ1) is 14.6. The van der Waals surface area contributed by atoms with Gasteiger partial charge in [-0.15, -0.1) is 0 Å². The molecule has 0 bridgehead atoms. The van der Waals surface area contributed by atoms with Crippen molar-refractivity contribution in [1.29, 1.82) is 0 Å². The number of benzene rings is 1. The van der Waals surface area contributed by atoms with Crippen LogP contribution in [0.25, 0.3) is 0 Å². The molecule has 1 unspecified atom stereocenters. The van der Waals surface area contributed by atoms with Crippen LogP contribution < -0.4 is 4.74 Å². The van der Waals surface area contributed by atoms with E-state index in [9.17, 15) is 14.7 Å². The second-order valence-electron chi connectivity index (χ2n) is 4.53. The third-order valence-electron chi connectivity index (χ3n) is 3.06. The van der Waals surface area contributed by atoms with E-state index >= 15 is 0 Å². The predicted octanol–water partition coefficient (Wildman–Crippen LogP) is 0.765. The van der Waals surface area contributed by atoms with Crippen LogP contribution in [0.1, 0.15) is 6.42 Å². The number of hydrogen-bond acceptors (Lipinski definition) is 4. The lowest BCUT2D eigenvalue weighted by atomic mass is 10.2. The molecule has 6 nitrogen and oxygen atoms in total. The smallest absolute Gasteiger partial charge is 0.326 e. The molecule has 2 N–H and O–H groups in total. The fourth-order valence-electron chi connectivity index (χ4n) is 2.08. The van der Waals surface area contributed by atoms with Crippen LogP contribution >= 0.6 is 11.6 Å². The molecule has 1 aromatic carbocycles. The highest BCUT2D eigenvalue weighted by molar-refractivity contribution is 6.30. The zero-order valence-electron chi connectivity index (χ0n) is 10.5. The van der Waals surface area contributed by atoms with Gasteiger partial charge in [0, 0.05) is 18.0 Å². The number of carbonyl (C=O) groups is 2. The fourth-order valence-corrected chi connectivity index (χ4v) is 2.21. The van der Waals surface area contributed by atoms with Crippen LogP contribution in [0, 0.1) is 0 Å². The van der Waals surface area contributed by atoms with Gasteiger partial charge in [-0.3, -0.25) is 4.79 Å². The summed E-state index contributed by atoms with van der Waals surface area (Å²) < 4.78 is 5.27. The fraction of sp³-hybridized carbons (Fsp3) is 0.385. The minimum atomic E-state index is -1.12. The topological polar surface area (TPSA) is 87.1 Å². The van der Waals surface area contributed by atoms with E-state index in [-0.39, 0.29) is 19.6 Å². The first-order valence-corrected chi connectivity index (χ1v) is 6.44. The van der Waals surface area contributed by atoms with E-state index in [2.05, 4.69) is 0 Å². The van der Waals surface area contributed by atoms with E-state index in [1.54, 1.807) is 24.3 Å². The summed E-state index contributed by atoms with van der Waals surface area (Å²) >= 11 is 5.72. The average Bonchev–Trinajstić information content (AvgIpc) is 2.80. The Kier molecular flexibility index (Phi) is 4.46. The number of hydrogen-bond donors (Lipinski definition) is 2. The summed E-state index contributed by atoms with van der Waals surface area (Å²) in [6.45, 7) is -0.266. The number of ether oxygens (including phenoxy) is 1. The van der Waals surface area contributed by atoms with Gasteiger partial charge in [0.2, 0.25) is 0 Å². The first-order chi connectivity index (χ1) is 9.47. The van der Waals surface area contributed by atoms with Gasteiger partial charge in [0.1, 0.15) is 11.8 Å². The van der Waals surface area contributed by atoms with Crippen molar-refractivity contribution in [3.05, 3.63) is 29.3 Å². The zero-order valence-corrected chi connectivity index (χ0v) is 11.3. The zero-order chi connectivity index (χ0) is 14.7. The van der Waals surface area contributed by atoms with Gasteiger partial charge in [0.15, 0.2) is 6.61 Å². The quantitative estimate of drug-likeness (QED) is 0.857. The van der Waals surface area contributed by atoms with Crippen molar-refractivity contribution < 1.29 is 24.5 Å². The maximum absolute atomic E-state index is 11.9. The molecule has 1 amide bonds. The third-order valence-corrected chi connectivity index (χ3v) is 3.31. The molecule has 0 aromatic heterocycles. The van der Waals surface area contributed by atoms with Crippen molar-refractivity contribution in [3.8, 4) is 5.75 Å². The molecule has 108 valence electrons. The molecule has 1 saturated heterocycles. The van der Waals surface area contributed by atoms with Crippen LogP contribution in [-0.4, -0.2) is 52.3 Å². The summed E-state index contributed by atoms with van der Waals surface area (Å²) in [4.78, 5) is 24.1. The van der Waals surface area contributed by atoms with Crippen molar-refractivity contribution in [3.63, 3.8) is 0 Å². The highest BCUT2D eigenvalue weighted by atomic mass is 35.5. The summed E-state index contributed by atoms with van der Waals surface area (Å²) in [6, 6.07) is 5.49. The maximum Gasteiger partial charge on any atom is 0.326 e. The molecule has 2 atom stereocenters. The summed E-state index contributed by atoms with van der Waals surface area (Å²) in [7, 11) is 0. The number of β-amino-alcohol motifs (C(OH)–C–C–N with tert-alkyl or cyclic N) is 1. The van der Waals surface area contributed by atoms with E-state index < -0.39 is 24.0 Å². The summed E-state index contributed by atoms with van der Waals surface area (Å²) in [6.07, 6.45) is -0.766. The van der Waals surface area contributed by atoms with Crippen molar-refractivity contribution >= 4 is 23.5 Å². The Morgan fingerprint density at radius 3 is 2.60 bits per heavy atom. The highest BCUT2D eigenvalue weighted by Crippen LogP contribution is 2.19. The number of aliphatic hydroxyl groups excluding tert-OH is 1. The number of likely N-dealkylation sites (tertiary alicyclic amines) is 1. The van der Waals surface area contributed by atoms with Gasteiger partial charge in [0.05, 0.1) is 6.10 Å². The van der Waals surface area contributed by atoms with E-state index in [1.807, 2.05) is 0 Å². The Morgan fingerprint density at radius 1 is 1.35 bits per heavy atom. The largest absolute Gasteiger partial charge is 0.484 e. The number of carboxylic acids is 1. The van der Waals surface area contributed by atoms with Gasteiger partial charge in [-0.1, -0.05) is 11.6 Å². The number of aliphatic hydroxyl groups is 1. The Morgan fingerprint density at radius 2 is 2.00 bits per heavy atom. The second kappa shape index (κ2) is 6.11. The van der Waals surface area contributed by atoms with Crippen LogP contribution in [0.4, 0.5) is 0 Å². The van der Waals surface area contributed by atoms with Crippen LogP contribution in [0.3, 0.4) is 0 Å². The molecule has 7 heteroatoms. The standard InChI is InChI=1S/C13H14ClNO5/c14-8-1-3-10(4-2-8)20-7-12(17)15-6-9(16)5-11(15)13(18)19/h1-4,9,11,16H,5-7H2,(H,18,19)/t9?,11-/m0/s1. The molecule has 0 spiro atoms. The third kappa shape index (κ3) is 3.40. The molecule has 20 heavy (non-hydrogen) atoms. The monoisotopic (exact) mass is 299 g/mol. The summed E-state index contributed by atoms with van der Waals surface area (Å²) in [5.74, 6) is -1.13. The van der Waals surface area contributed by atoms with Gasteiger partial charge in [0.25, 0.3) is 5.91 Å². The van der Waals surface area contributed by atoms with Crippen molar-refractivity contribution in [1.82, 2.24) is 4.90 Å². The maximum atomic E-state index is 11.9. The van der Waals surface area contributed by atoms with Crippen LogP contribution in [0.2, 0.25) is 5.02 Å². The highest BCUT2D eigenvalue weighted by Gasteiger charge is 2.38. The Bertz CT molecular complexity index is 504. The minimum Gasteiger partial charge on any atom is -0.484 e. The molecule has 0 saturated carbocycles. The van der Waals surface area contributed by atoms with Gasteiger partial charge >= 0.3 is 5.97 Å². The van der Waals surface area contributed by atoms with Crippen molar-refractivity contribution in [2.24, 2.45) is 0 Å². The van der Waals surface area contributed by atoms with Crippen LogP contribution in [-0.2, 0) is 9.59 Å². The van der Waals surface area contributed by atoms with E-state index in [0.29, 0.717) is 10.8 Å². The normalized spacial score (nSPS) is 21.8. The molecule has 1 heterocycles. The first-order valence-electron chi connectivity index (χ1n) is 6.06. The Labute approximate surface area is 120 Å². The van der Waals surface area contributed by atoms with Crippen molar-refractivity contribution in [2.45, 2.75) is 18.6 Å². The number of carboxylic acid groups (broad SMARTS) is 1. The number of amides is 1. The van der Waals surface area contributed by atoms with E-state index in [0.717, 1.165) is 4.90 Å². The second-order valence-corrected chi connectivity index (χ2v) is 4.97. The lowest BCUT2D eigenvalue weighted by molar-refractivity contribution is -0.148. The number of halogens is 1. The van der Waals surface area contributed by atoms with Gasteiger partial charge in [-0.05, 0) is 24.3 Å². The van der Waals surface area contributed by atoms with Gasteiger partial charge in [-0.2, -0.15) is 0 Å². The summed E-state index contributed by atoms with van der Waals surface area (Å²) in [5.41, 5.74) is 0. The number of rotatable bonds is 4. The van der Waals surface area contributed by atoms with Gasteiger partial charge < -0.3 is 19.8 Å². The molecular formula is C13H14ClNO5.